The van der Waals surface area contributed by atoms with Gasteiger partial charge in [-0.2, -0.15) is 0 Å². The molecule has 16 heavy (non-hydrogen) atoms. The number of unbranched alkanes of at least 4 members (excludes halogenated alkanes) is 2. The molecule has 1 aliphatic rings. The Labute approximate surface area is 108 Å². The van der Waals surface area contributed by atoms with Crippen LogP contribution in [0.1, 0.15) is 26.2 Å². The molecular weight excluding hydrogens is 268 g/mol. The molecule has 3 nitrogen and oxygen atoms in total. The number of nitrogens with one attached hydrogen (secondary N) is 1. The molecular formula is C12H25BrN2O. The molecule has 0 saturated carbocycles. The highest BCUT2D eigenvalue weighted by atomic mass is 79.9. The summed E-state index contributed by atoms with van der Waals surface area (Å²) in [5.41, 5.74) is 0. The van der Waals surface area contributed by atoms with Gasteiger partial charge in [0.1, 0.15) is 0 Å². The summed E-state index contributed by atoms with van der Waals surface area (Å²) in [6.07, 6.45) is 4.26. The highest BCUT2D eigenvalue weighted by Crippen LogP contribution is 2.03. The highest BCUT2D eigenvalue weighted by molar-refractivity contribution is 9.09. The molecule has 0 spiro atoms. The van der Waals surface area contributed by atoms with Gasteiger partial charge < -0.3 is 10.1 Å². The first kappa shape index (κ1) is 14.4. The number of hydrogen-bond acceptors (Lipinski definition) is 3. The molecule has 1 rings (SSSR count). The van der Waals surface area contributed by atoms with E-state index in [4.69, 9.17) is 4.74 Å². The van der Waals surface area contributed by atoms with Crippen molar-refractivity contribution in [2.45, 2.75) is 32.3 Å². The maximum atomic E-state index is 5.73. The second-order valence-electron chi connectivity index (χ2n) is 4.34. The Bertz CT molecular complexity index is 169. The van der Waals surface area contributed by atoms with Crippen molar-refractivity contribution in [2.24, 2.45) is 0 Å². The molecule has 1 N–H and O–H groups in total. The van der Waals surface area contributed by atoms with Crippen molar-refractivity contribution in [1.82, 2.24) is 10.2 Å². The number of nitrogens with zero attached hydrogens (tertiary/aromatic N) is 1. The van der Waals surface area contributed by atoms with E-state index in [9.17, 15) is 0 Å². The fourth-order valence-electron chi connectivity index (χ4n) is 1.98. The molecule has 0 amide bonds. The molecule has 0 radical (unpaired) electrons. The molecule has 1 saturated heterocycles. The van der Waals surface area contributed by atoms with Gasteiger partial charge in [0.05, 0.1) is 12.7 Å². The first-order chi connectivity index (χ1) is 7.86. The third-order valence-corrected chi connectivity index (χ3v) is 3.59. The fourth-order valence-corrected chi connectivity index (χ4v) is 2.37. The molecule has 4 heteroatoms. The largest absolute Gasteiger partial charge is 0.374 e. The van der Waals surface area contributed by atoms with Crippen molar-refractivity contribution >= 4 is 15.9 Å². The average molecular weight is 293 g/mol. The minimum Gasteiger partial charge on any atom is -0.374 e. The number of ether oxygens (including phenoxy) is 1. The molecule has 1 unspecified atom stereocenters. The van der Waals surface area contributed by atoms with Crippen LogP contribution in [0.2, 0.25) is 0 Å². The number of morpholine rings is 1. The monoisotopic (exact) mass is 292 g/mol. The Hall–Kier alpha value is 0.360. The van der Waals surface area contributed by atoms with E-state index in [1.165, 1.54) is 19.3 Å². The summed E-state index contributed by atoms with van der Waals surface area (Å²) in [5.74, 6) is 0. The number of rotatable bonds is 8. The van der Waals surface area contributed by atoms with Crippen LogP contribution in [-0.2, 0) is 4.74 Å². The van der Waals surface area contributed by atoms with Crippen LogP contribution in [0.4, 0.5) is 0 Å². The van der Waals surface area contributed by atoms with E-state index in [1.807, 2.05) is 0 Å². The molecule has 0 aromatic rings. The molecule has 1 heterocycles. The lowest BCUT2D eigenvalue weighted by Gasteiger charge is -2.32. The lowest BCUT2D eigenvalue weighted by atomic mass is 10.2. The number of alkyl halides is 1. The maximum absolute atomic E-state index is 5.73. The predicted molar refractivity (Wildman–Crippen MR) is 72.4 cm³/mol. The molecule has 0 aliphatic carbocycles. The zero-order chi connectivity index (χ0) is 11.6. The van der Waals surface area contributed by atoms with Crippen LogP contribution in [0.25, 0.3) is 0 Å². The number of halogens is 1. The summed E-state index contributed by atoms with van der Waals surface area (Å²) in [4.78, 5) is 2.46. The summed E-state index contributed by atoms with van der Waals surface area (Å²) in [6, 6.07) is 0. The van der Waals surface area contributed by atoms with Gasteiger partial charge in [-0.15, -0.1) is 0 Å². The Morgan fingerprint density at radius 1 is 1.38 bits per heavy atom. The number of likely N-dealkylation sites (N-methyl/N-ethyl adjacent to an activating group) is 1. The third kappa shape index (κ3) is 6.18. The van der Waals surface area contributed by atoms with Crippen LogP contribution in [0.15, 0.2) is 0 Å². The fraction of sp³-hybridized carbons (Fsp3) is 1.00. The molecule has 0 aromatic heterocycles. The van der Waals surface area contributed by atoms with Gasteiger partial charge in [-0.1, -0.05) is 29.3 Å². The van der Waals surface area contributed by atoms with Crippen molar-refractivity contribution < 1.29 is 4.74 Å². The van der Waals surface area contributed by atoms with E-state index >= 15 is 0 Å². The molecule has 1 atom stereocenters. The topological polar surface area (TPSA) is 24.5 Å². The Morgan fingerprint density at radius 2 is 2.25 bits per heavy atom. The second kappa shape index (κ2) is 9.40. The van der Waals surface area contributed by atoms with E-state index in [1.54, 1.807) is 0 Å². The Balaban J connectivity index is 1.95. The Morgan fingerprint density at radius 3 is 3.00 bits per heavy atom. The first-order valence-electron chi connectivity index (χ1n) is 6.47. The number of hydrogen-bond donors (Lipinski definition) is 1. The summed E-state index contributed by atoms with van der Waals surface area (Å²) in [5, 5.41) is 4.62. The van der Waals surface area contributed by atoms with Gasteiger partial charge in [-0.05, 0) is 25.9 Å². The van der Waals surface area contributed by atoms with E-state index in [0.717, 1.165) is 44.7 Å². The molecule has 1 fully saturated rings. The van der Waals surface area contributed by atoms with Crippen LogP contribution in [0.3, 0.4) is 0 Å². The van der Waals surface area contributed by atoms with E-state index in [0.29, 0.717) is 6.10 Å². The second-order valence-corrected chi connectivity index (χ2v) is 5.13. The highest BCUT2D eigenvalue weighted by Gasteiger charge is 2.18. The lowest BCUT2D eigenvalue weighted by molar-refractivity contribution is -0.0251. The van der Waals surface area contributed by atoms with Gasteiger partial charge in [-0.25, -0.2) is 0 Å². The quantitative estimate of drug-likeness (QED) is 0.546. The summed E-state index contributed by atoms with van der Waals surface area (Å²) < 4.78 is 5.73. The van der Waals surface area contributed by atoms with Gasteiger partial charge in [0.15, 0.2) is 0 Å². The predicted octanol–water partition coefficient (Wildman–Crippen LogP) is 1.86. The van der Waals surface area contributed by atoms with Gasteiger partial charge >= 0.3 is 0 Å². The van der Waals surface area contributed by atoms with Crippen molar-refractivity contribution in [3.05, 3.63) is 0 Å². The van der Waals surface area contributed by atoms with Crippen molar-refractivity contribution in [2.75, 3.05) is 44.7 Å². The summed E-state index contributed by atoms with van der Waals surface area (Å²) >= 11 is 3.45. The third-order valence-electron chi connectivity index (χ3n) is 3.03. The minimum absolute atomic E-state index is 0.393. The Kier molecular flexibility index (Phi) is 8.47. The zero-order valence-electron chi connectivity index (χ0n) is 10.4. The lowest BCUT2D eigenvalue weighted by Crippen LogP contribution is -2.46. The average Bonchev–Trinajstić information content (AvgIpc) is 2.34. The maximum Gasteiger partial charge on any atom is 0.0826 e. The van der Waals surface area contributed by atoms with E-state index < -0.39 is 0 Å². The van der Waals surface area contributed by atoms with Gasteiger partial charge in [0.25, 0.3) is 0 Å². The van der Waals surface area contributed by atoms with E-state index in [-0.39, 0.29) is 0 Å². The van der Waals surface area contributed by atoms with Crippen molar-refractivity contribution in [3.63, 3.8) is 0 Å². The van der Waals surface area contributed by atoms with E-state index in [2.05, 4.69) is 33.1 Å². The SMILES string of the molecule is CCN1CCOC(CNCCCCCBr)C1. The smallest absolute Gasteiger partial charge is 0.0826 e. The molecule has 96 valence electrons. The van der Waals surface area contributed by atoms with Crippen molar-refractivity contribution in [1.29, 1.82) is 0 Å². The molecule has 0 aromatic carbocycles. The van der Waals surface area contributed by atoms with Crippen LogP contribution in [0.5, 0.6) is 0 Å². The van der Waals surface area contributed by atoms with Crippen LogP contribution in [-0.4, -0.2) is 55.7 Å². The first-order valence-corrected chi connectivity index (χ1v) is 7.59. The molecule has 0 bridgehead atoms. The van der Waals surface area contributed by atoms with Crippen LogP contribution >= 0.6 is 15.9 Å². The van der Waals surface area contributed by atoms with Crippen LogP contribution in [0, 0.1) is 0 Å². The van der Waals surface area contributed by atoms with Gasteiger partial charge in [0.2, 0.25) is 0 Å². The van der Waals surface area contributed by atoms with Gasteiger partial charge in [0, 0.05) is 25.0 Å². The summed E-state index contributed by atoms with van der Waals surface area (Å²) in [6.45, 7) is 8.57. The molecule has 1 aliphatic heterocycles. The van der Waals surface area contributed by atoms with Crippen LogP contribution < -0.4 is 5.32 Å². The minimum atomic E-state index is 0.393. The zero-order valence-corrected chi connectivity index (χ0v) is 12.0. The van der Waals surface area contributed by atoms with Crippen molar-refractivity contribution in [3.8, 4) is 0 Å². The normalized spacial score (nSPS) is 22.5. The standard InChI is InChI=1S/C12H25BrN2O/c1-2-15-8-9-16-12(11-15)10-14-7-5-3-4-6-13/h12,14H,2-11H2,1H3. The van der Waals surface area contributed by atoms with Gasteiger partial charge in [-0.3, -0.25) is 4.90 Å². The summed E-state index contributed by atoms with van der Waals surface area (Å²) in [7, 11) is 0.